The maximum Gasteiger partial charge on any atom is 0.319 e. The largest absolute Gasteiger partial charge is 0.480 e. The quantitative estimate of drug-likeness (QED) is 0.788. The van der Waals surface area contributed by atoms with Crippen LogP contribution in [0.1, 0.15) is 28.4 Å². The molecule has 0 unspecified atom stereocenters. The van der Waals surface area contributed by atoms with Crippen molar-refractivity contribution in [1.29, 1.82) is 0 Å². The van der Waals surface area contributed by atoms with E-state index in [-0.39, 0.29) is 5.91 Å². The lowest BCUT2D eigenvalue weighted by atomic mass is 10.1. The summed E-state index contributed by atoms with van der Waals surface area (Å²) in [5, 5.41) is 12.7. The zero-order valence-corrected chi connectivity index (χ0v) is 11.3. The van der Waals surface area contributed by atoms with E-state index in [1.807, 2.05) is 13.8 Å². The van der Waals surface area contributed by atoms with E-state index in [9.17, 15) is 9.59 Å². The number of thiazole rings is 1. The maximum absolute atomic E-state index is 11.7. The average Bonchev–Trinajstić information content (AvgIpc) is 3.03. The van der Waals surface area contributed by atoms with E-state index in [1.54, 1.807) is 11.3 Å². The highest BCUT2D eigenvalue weighted by molar-refractivity contribution is 7.11. The van der Waals surface area contributed by atoms with Gasteiger partial charge in [0.2, 0.25) is 5.91 Å². The van der Waals surface area contributed by atoms with Gasteiger partial charge in [0.05, 0.1) is 10.7 Å². The Hall–Kier alpha value is -1.43. The highest BCUT2D eigenvalue weighted by Gasteiger charge is 2.56. The second-order valence-corrected chi connectivity index (χ2v) is 5.92. The number of amides is 1. The molecule has 5 nitrogen and oxygen atoms in total. The molecule has 1 aliphatic rings. The van der Waals surface area contributed by atoms with Crippen molar-refractivity contribution in [3.05, 3.63) is 15.6 Å². The number of aryl methyl sites for hydroxylation is 2. The number of aliphatic carboxylic acids is 1. The van der Waals surface area contributed by atoms with Crippen molar-refractivity contribution < 1.29 is 14.7 Å². The Morgan fingerprint density at radius 1 is 1.44 bits per heavy atom. The van der Waals surface area contributed by atoms with Gasteiger partial charge in [0.1, 0.15) is 5.41 Å². The molecule has 0 radical (unpaired) electrons. The highest BCUT2D eigenvalue weighted by Crippen LogP contribution is 2.46. The lowest BCUT2D eigenvalue weighted by Gasteiger charge is -2.10. The van der Waals surface area contributed by atoms with Gasteiger partial charge in [0.15, 0.2) is 0 Å². The molecule has 1 heterocycles. The minimum atomic E-state index is -1.14. The van der Waals surface area contributed by atoms with Crippen LogP contribution in [0.2, 0.25) is 0 Å². The number of hydrogen-bond donors (Lipinski definition) is 2. The number of rotatable bonds is 5. The molecule has 1 aliphatic carbocycles. The third kappa shape index (κ3) is 2.38. The van der Waals surface area contributed by atoms with Crippen LogP contribution in [0, 0.1) is 19.3 Å². The van der Waals surface area contributed by atoms with Crippen molar-refractivity contribution >= 4 is 23.2 Å². The molecule has 0 saturated heterocycles. The SMILES string of the molecule is Cc1nc(C)c(CCNC(=O)C2(C(=O)O)CC2)s1. The third-order valence-corrected chi connectivity index (χ3v) is 4.36. The Labute approximate surface area is 109 Å². The van der Waals surface area contributed by atoms with Crippen LogP contribution in [0.25, 0.3) is 0 Å². The second-order valence-electron chi connectivity index (χ2n) is 4.63. The number of aromatic nitrogens is 1. The Balaban J connectivity index is 1.84. The first kappa shape index (κ1) is 13.0. The first-order valence-electron chi connectivity index (χ1n) is 5.90. The summed E-state index contributed by atoms with van der Waals surface area (Å²) in [5.74, 6) is -1.36. The minimum Gasteiger partial charge on any atom is -0.480 e. The van der Waals surface area contributed by atoms with Crippen LogP contribution in [0.3, 0.4) is 0 Å². The van der Waals surface area contributed by atoms with E-state index >= 15 is 0 Å². The molecular formula is C12H16N2O3S. The van der Waals surface area contributed by atoms with Crippen molar-refractivity contribution in [3.63, 3.8) is 0 Å². The van der Waals surface area contributed by atoms with Gasteiger partial charge in [0, 0.05) is 17.8 Å². The summed E-state index contributed by atoms with van der Waals surface area (Å²) in [6.07, 6.45) is 1.61. The number of carboxylic acid groups (broad SMARTS) is 1. The van der Waals surface area contributed by atoms with E-state index < -0.39 is 11.4 Å². The van der Waals surface area contributed by atoms with Crippen LogP contribution in [0.5, 0.6) is 0 Å². The smallest absolute Gasteiger partial charge is 0.319 e. The monoisotopic (exact) mass is 268 g/mol. The molecule has 0 bridgehead atoms. The van der Waals surface area contributed by atoms with E-state index in [1.165, 1.54) is 0 Å². The minimum absolute atomic E-state index is 0.353. The number of carbonyl (C=O) groups excluding carboxylic acids is 1. The van der Waals surface area contributed by atoms with Gasteiger partial charge in [0.25, 0.3) is 0 Å². The van der Waals surface area contributed by atoms with Gasteiger partial charge in [-0.3, -0.25) is 9.59 Å². The molecule has 1 saturated carbocycles. The van der Waals surface area contributed by atoms with Gasteiger partial charge < -0.3 is 10.4 Å². The summed E-state index contributed by atoms with van der Waals surface area (Å²) in [7, 11) is 0. The molecule has 1 aromatic rings. The zero-order chi connectivity index (χ0) is 13.3. The summed E-state index contributed by atoms with van der Waals surface area (Å²) in [4.78, 5) is 28.1. The third-order valence-electron chi connectivity index (χ3n) is 3.23. The fourth-order valence-corrected chi connectivity index (χ4v) is 2.86. The summed E-state index contributed by atoms with van der Waals surface area (Å²) >= 11 is 1.62. The van der Waals surface area contributed by atoms with Crippen molar-refractivity contribution in [2.24, 2.45) is 5.41 Å². The van der Waals surface area contributed by atoms with Crippen LogP contribution in [-0.4, -0.2) is 28.5 Å². The topological polar surface area (TPSA) is 79.3 Å². The Bertz CT molecular complexity index is 492. The lowest BCUT2D eigenvalue weighted by Crippen LogP contribution is -2.37. The molecule has 98 valence electrons. The van der Waals surface area contributed by atoms with Gasteiger partial charge in [-0.2, -0.15) is 0 Å². The number of carbonyl (C=O) groups is 2. The van der Waals surface area contributed by atoms with Crippen LogP contribution >= 0.6 is 11.3 Å². The van der Waals surface area contributed by atoms with Gasteiger partial charge >= 0.3 is 5.97 Å². The van der Waals surface area contributed by atoms with Gasteiger partial charge in [-0.1, -0.05) is 0 Å². The van der Waals surface area contributed by atoms with Crippen molar-refractivity contribution in [1.82, 2.24) is 10.3 Å². The molecule has 1 aromatic heterocycles. The molecule has 0 aliphatic heterocycles. The van der Waals surface area contributed by atoms with Crippen molar-refractivity contribution in [2.75, 3.05) is 6.54 Å². The molecule has 6 heteroatoms. The number of hydrogen-bond acceptors (Lipinski definition) is 4. The van der Waals surface area contributed by atoms with Crippen LogP contribution in [0.4, 0.5) is 0 Å². The molecule has 2 rings (SSSR count). The summed E-state index contributed by atoms with van der Waals surface area (Å²) in [6, 6.07) is 0. The van der Waals surface area contributed by atoms with Crippen LogP contribution in [-0.2, 0) is 16.0 Å². The van der Waals surface area contributed by atoms with Gasteiger partial charge in [-0.05, 0) is 26.7 Å². The summed E-state index contributed by atoms with van der Waals surface area (Å²) in [5.41, 5.74) is -0.148. The number of carboxylic acids is 1. The van der Waals surface area contributed by atoms with E-state index in [2.05, 4.69) is 10.3 Å². The molecule has 0 atom stereocenters. The summed E-state index contributed by atoms with van der Waals surface area (Å²) in [6.45, 7) is 4.36. The van der Waals surface area contributed by atoms with Gasteiger partial charge in [-0.15, -0.1) is 11.3 Å². The molecule has 18 heavy (non-hydrogen) atoms. The van der Waals surface area contributed by atoms with Crippen molar-refractivity contribution in [2.45, 2.75) is 33.1 Å². The molecule has 0 spiro atoms. The Morgan fingerprint density at radius 2 is 2.11 bits per heavy atom. The standard InChI is InChI=1S/C12H16N2O3S/c1-7-9(18-8(2)14-7)3-6-13-10(15)12(4-5-12)11(16)17/h3-6H2,1-2H3,(H,13,15)(H,16,17). The molecule has 1 amide bonds. The maximum atomic E-state index is 11.7. The van der Waals surface area contributed by atoms with Crippen LogP contribution in [0.15, 0.2) is 0 Å². The number of nitrogens with one attached hydrogen (secondary N) is 1. The fraction of sp³-hybridized carbons (Fsp3) is 0.583. The van der Waals surface area contributed by atoms with Crippen molar-refractivity contribution in [3.8, 4) is 0 Å². The van der Waals surface area contributed by atoms with Gasteiger partial charge in [-0.25, -0.2) is 4.98 Å². The highest BCUT2D eigenvalue weighted by atomic mass is 32.1. The average molecular weight is 268 g/mol. The predicted molar refractivity (Wildman–Crippen MR) is 67.6 cm³/mol. The number of nitrogens with zero attached hydrogens (tertiary/aromatic N) is 1. The molecule has 1 fully saturated rings. The van der Waals surface area contributed by atoms with E-state index in [0.29, 0.717) is 25.8 Å². The lowest BCUT2D eigenvalue weighted by molar-refractivity contribution is -0.149. The molecular weight excluding hydrogens is 252 g/mol. The fourth-order valence-electron chi connectivity index (χ4n) is 1.93. The first-order valence-corrected chi connectivity index (χ1v) is 6.72. The second kappa shape index (κ2) is 4.68. The van der Waals surface area contributed by atoms with E-state index in [4.69, 9.17) is 5.11 Å². The summed E-state index contributed by atoms with van der Waals surface area (Å²) < 4.78 is 0. The predicted octanol–water partition coefficient (Wildman–Crippen LogP) is 1.28. The molecule has 2 N–H and O–H groups in total. The Morgan fingerprint density at radius 3 is 2.56 bits per heavy atom. The Kier molecular flexibility index (Phi) is 3.38. The van der Waals surface area contributed by atoms with Crippen LogP contribution < -0.4 is 5.32 Å². The first-order chi connectivity index (χ1) is 8.45. The molecule has 0 aromatic carbocycles. The zero-order valence-electron chi connectivity index (χ0n) is 10.4. The normalized spacial score (nSPS) is 16.3. The van der Waals surface area contributed by atoms with E-state index in [0.717, 1.165) is 15.6 Å².